The summed E-state index contributed by atoms with van der Waals surface area (Å²) in [5, 5.41) is 13.3. The van der Waals surface area contributed by atoms with E-state index in [1.807, 2.05) is 13.0 Å². The molecule has 0 saturated heterocycles. The molecule has 17 heavy (non-hydrogen) atoms. The first-order chi connectivity index (χ1) is 8.16. The number of halogens is 1. The van der Waals surface area contributed by atoms with E-state index in [0.717, 1.165) is 31.2 Å². The van der Waals surface area contributed by atoms with Crippen molar-refractivity contribution < 1.29 is 9.50 Å². The molecular weight excluding hydrogens is 217 g/mol. The van der Waals surface area contributed by atoms with Gasteiger partial charge in [-0.25, -0.2) is 4.39 Å². The maximum Gasteiger partial charge on any atom is 0.123 e. The molecule has 1 fully saturated rings. The number of benzene rings is 1. The Morgan fingerprint density at radius 2 is 2.12 bits per heavy atom. The van der Waals surface area contributed by atoms with Crippen LogP contribution in [0.2, 0.25) is 0 Å². The van der Waals surface area contributed by atoms with E-state index in [1.54, 1.807) is 12.1 Å². The number of hydrogen-bond donors (Lipinski definition) is 2. The highest BCUT2D eigenvalue weighted by Gasteiger charge is 2.24. The summed E-state index contributed by atoms with van der Waals surface area (Å²) in [7, 11) is 0. The lowest BCUT2D eigenvalue weighted by Crippen LogP contribution is -2.43. The first-order valence-corrected chi connectivity index (χ1v) is 6.36. The summed E-state index contributed by atoms with van der Waals surface area (Å²) in [6.07, 6.45) is 3.87. The van der Waals surface area contributed by atoms with E-state index in [-0.39, 0.29) is 24.0 Å². The van der Waals surface area contributed by atoms with E-state index >= 15 is 0 Å². The average Bonchev–Trinajstić information content (AvgIpc) is 2.32. The molecule has 1 saturated carbocycles. The summed E-state index contributed by atoms with van der Waals surface area (Å²) >= 11 is 0. The van der Waals surface area contributed by atoms with Crippen molar-refractivity contribution in [2.45, 2.75) is 50.8 Å². The standard InChI is InChI=1S/C14H20FNO/c1-10(11-5-4-6-12(15)9-11)16-13-7-2-3-8-14(13)17/h4-6,9-10,13-14,16-17H,2-3,7-8H2,1H3/t10-,13-,14-/m1/s1. The first kappa shape index (κ1) is 12.5. The molecule has 2 rings (SSSR count). The van der Waals surface area contributed by atoms with Crippen LogP contribution in [-0.2, 0) is 0 Å². The van der Waals surface area contributed by atoms with E-state index in [1.165, 1.54) is 6.07 Å². The Balaban J connectivity index is 1.98. The van der Waals surface area contributed by atoms with Gasteiger partial charge in [0, 0.05) is 12.1 Å². The molecule has 0 aliphatic heterocycles. The topological polar surface area (TPSA) is 32.3 Å². The molecule has 0 heterocycles. The van der Waals surface area contributed by atoms with Crippen LogP contribution < -0.4 is 5.32 Å². The largest absolute Gasteiger partial charge is 0.392 e. The van der Waals surface area contributed by atoms with Crippen LogP contribution in [-0.4, -0.2) is 17.3 Å². The Hall–Kier alpha value is -0.930. The predicted molar refractivity (Wildman–Crippen MR) is 66.2 cm³/mol. The molecule has 0 aromatic heterocycles. The third-order valence-corrected chi connectivity index (χ3v) is 3.54. The number of nitrogens with one attached hydrogen (secondary N) is 1. The van der Waals surface area contributed by atoms with E-state index in [2.05, 4.69) is 5.32 Å². The molecule has 1 aromatic rings. The molecule has 3 atom stereocenters. The molecule has 0 unspecified atom stereocenters. The fraction of sp³-hybridized carbons (Fsp3) is 0.571. The highest BCUT2D eigenvalue weighted by molar-refractivity contribution is 5.19. The van der Waals surface area contributed by atoms with Gasteiger partial charge >= 0.3 is 0 Å². The van der Waals surface area contributed by atoms with E-state index < -0.39 is 0 Å². The van der Waals surface area contributed by atoms with E-state index in [0.29, 0.717) is 0 Å². The Kier molecular flexibility index (Phi) is 4.13. The molecule has 0 amide bonds. The van der Waals surface area contributed by atoms with E-state index in [9.17, 15) is 9.50 Å². The van der Waals surface area contributed by atoms with Crippen molar-refractivity contribution in [1.29, 1.82) is 0 Å². The fourth-order valence-electron chi connectivity index (χ4n) is 2.50. The number of aliphatic hydroxyl groups excluding tert-OH is 1. The van der Waals surface area contributed by atoms with Gasteiger partial charge in [0.05, 0.1) is 6.10 Å². The third-order valence-electron chi connectivity index (χ3n) is 3.54. The molecule has 0 spiro atoms. The van der Waals surface area contributed by atoms with Gasteiger partial charge in [-0.3, -0.25) is 0 Å². The maximum absolute atomic E-state index is 13.1. The summed E-state index contributed by atoms with van der Waals surface area (Å²) in [5.74, 6) is -0.208. The van der Waals surface area contributed by atoms with Crippen molar-refractivity contribution in [2.24, 2.45) is 0 Å². The number of hydrogen-bond acceptors (Lipinski definition) is 2. The van der Waals surface area contributed by atoms with Crippen molar-refractivity contribution in [3.05, 3.63) is 35.6 Å². The fourth-order valence-corrected chi connectivity index (χ4v) is 2.50. The zero-order valence-electron chi connectivity index (χ0n) is 10.2. The lowest BCUT2D eigenvalue weighted by atomic mass is 9.91. The molecule has 2 nitrogen and oxygen atoms in total. The van der Waals surface area contributed by atoms with Gasteiger partial charge in [0.2, 0.25) is 0 Å². The van der Waals surface area contributed by atoms with Gasteiger partial charge in [-0.05, 0) is 37.5 Å². The van der Waals surface area contributed by atoms with Gasteiger partial charge in [-0.1, -0.05) is 25.0 Å². The second-order valence-electron chi connectivity index (χ2n) is 4.90. The van der Waals surface area contributed by atoms with Crippen molar-refractivity contribution in [3.63, 3.8) is 0 Å². The van der Waals surface area contributed by atoms with Crippen LogP contribution in [0.3, 0.4) is 0 Å². The lowest BCUT2D eigenvalue weighted by Gasteiger charge is -2.31. The zero-order valence-corrected chi connectivity index (χ0v) is 10.2. The third kappa shape index (κ3) is 3.27. The molecule has 94 valence electrons. The van der Waals surface area contributed by atoms with Crippen LogP contribution in [0, 0.1) is 5.82 Å². The van der Waals surface area contributed by atoms with Crippen molar-refractivity contribution >= 4 is 0 Å². The van der Waals surface area contributed by atoms with Crippen LogP contribution in [0.4, 0.5) is 4.39 Å². The first-order valence-electron chi connectivity index (χ1n) is 6.36. The number of aliphatic hydroxyl groups is 1. The van der Waals surface area contributed by atoms with Crippen molar-refractivity contribution in [3.8, 4) is 0 Å². The zero-order chi connectivity index (χ0) is 12.3. The SMILES string of the molecule is C[C@@H](N[C@@H]1CCCC[C@H]1O)c1cccc(F)c1. The minimum Gasteiger partial charge on any atom is -0.392 e. The quantitative estimate of drug-likeness (QED) is 0.847. The number of rotatable bonds is 3. The molecule has 1 aliphatic carbocycles. The summed E-state index contributed by atoms with van der Waals surface area (Å²) in [6.45, 7) is 2.01. The molecule has 3 heteroatoms. The van der Waals surface area contributed by atoms with Crippen LogP contribution in [0.5, 0.6) is 0 Å². The van der Waals surface area contributed by atoms with Gasteiger partial charge in [0.15, 0.2) is 0 Å². The van der Waals surface area contributed by atoms with Gasteiger partial charge in [-0.15, -0.1) is 0 Å². The second kappa shape index (κ2) is 5.61. The highest BCUT2D eigenvalue weighted by Crippen LogP contribution is 2.22. The monoisotopic (exact) mass is 237 g/mol. The van der Waals surface area contributed by atoms with Gasteiger partial charge in [0.1, 0.15) is 5.82 Å². The maximum atomic E-state index is 13.1. The van der Waals surface area contributed by atoms with Gasteiger partial charge < -0.3 is 10.4 Å². The van der Waals surface area contributed by atoms with Crippen LogP contribution in [0.25, 0.3) is 0 Å². The van der Waals surface area contributed by atoms with Gasteiger partial charge in [0.25, 0.3) is 0 Å². The molecule has 1 aromatic carbocycles. The van der Waals surface area contributed by atoms with E-state index in [4.69, 9.17) is 0 Å². The lowest BCUT2D eigenvalue weighted by molar-refractivity contribution is 0.0859. The summed E-state index contributed by atoms with van der Waals surface area (Å²) < 4.78 is 13.1. The second-order valence-corrected chi connectivity index (χ2v) is 4.90. The van der Waals surface area contributed by atoms with Crippen LogP contribution in [0.1, 0.15) is 44.2 Å². The predicted octanol–water partition coefficient (Wildman–Crippen LogP) is 2.78. The minimum atomic E-state index is -0.264. The normalized spacial score (nSPS) is 26.8. The Labute approximate surface area is 102 Å². The summed E-state index contributed by atoms with van der Waals surface area (Å²) in [5.41, 5.74) is 0.933. The highest BCUT2D eigenvalue weighted by atomic mass is 19.1. The minimum absolute atomic E-state index is 0.0726. The molecule has 2 N–H and O–H groups in total. The Morgan fingerprint density at radius 1 is 1.35 bits per heavy atom. The van der Waals surface area contributed by atoms with Crippen LogP contribution in [0.15, 0.2) is 24.3 Å². The smallest absolute Gasteiger partial charge is 0.123 e. The molecular formula is C14H20FNO. The Bertz CT molecular complexity index is 369. The molecule has 1 aliphatic rings. The molecule has 0 radical (unpaired) electrons. The summed E-state index contributed by atoms with van der Waals surface area (Å²) in [4.78, 5) is 0. The van der Waals surface area contributed by atoms with Crippen LogP contribution >= 0.6 is 0 Å². The molecule has 0 bridgehead atoms. The Morgan fingerprint density at radius 3 is 2.82 bits per heavy atom. The van der Waals surface area contributed by atoms with Gasteiger partial charge in [-0.2, -0.15) is 0 Å². The van der Waals surface area contributed by atoms with Crippen molar-refractivity contribution in [2.75, 3.05) is 0 Å². The van der Waals surface area contributed by atoms with Crippen molar-refractivity contribution in [1.82, 2.24) is 5.32 Å². The summed E-state index contributed by atoms with van der Waals surface area (Å²) in [6, 6.07) is 6.85. The average molecular weight is 237 g/mol.